The molecule has 0 bridgehead atoms. The van der Waals surface area contributed by atoms with Crippen LogP contribution in [0, 0.1) is 0 Å². The molecule has 0 heterocycles. The number of carbonyl (C=O) groups excluding carboxylic acids is 2. The Morgan fingerprint density at radius 1 is 1.18 bits per heavy atom. The number of amides is 1. The Morgan fingerprint density at radius 2 is 1.82 bits per heavy atom. The minimum absolute atomic E-state index is 0.0383. The number of carbonyl (C=O) groups is 2. The molecule has 0 aliphatic heterocycles. The second kappa shape index (κ2) is 10.4. The number of esters is 1. The van der Waals surface area contributed by atoms with E-state index in [0.29, 0.717) is 31.9 Å². The lowest BCUT2D eigenvalue weighted by molar-refractivity contribution is -0.143. The number of rotatable bonds is 8. The van der Waals surface area contributed by atoms with Gasteiger partial charge in [-0.25, -0.2) is 0 Å². The van der Waals surface area contributed by atoms with Gasteiger partial charge in [0.25, 0.3) is 5.24 Å². The van der Waals surface area contributed by atoms with E-state index in [0.717, 1.165) is 12.8 Å². The van der Waals surface area contributed by atoms with Crippen LogP contribution in [0.25, 0.3) is 0 Å². The van der Waals surface area contributed by atoms with E-state index >= 15 is 0 Å². The molecule has 0 unspecified atom stereocenters. The summed E-state index contributed by atoms with van der Waals surface area (Å²) in [5, 5.41) is 0.0383. The van der Waals surface area contributed by atoms with Gasteiger partial charge in [-0.2, -0.15) is 0 Å². The minimum atomic E-state index is -0.210. The summed E-state index contributed by atoms with van der Waals surface area (Å²) < 4.78 is 5.00. The van der Waals surface area contributed by atoms with Gasteiger partial charge in [0.15, 0.2) is 0 Å². The number of nitrogens with zero attached hydrogens (tertiary/aromatic N) is 1. The first-order valence-corrected chi connectivity index (χ1v) is 7.21. The van der Waals surface area contributed by atoms with Crippen molar-refractivity contribution in [3.05, 3.63) is 0 Å². The van der Waals surface area contributed by atoms with Gasteiger partial charge in [0.05, 0.1) is 13.0 Å². The van der Waals surface area contributed by atoms with Gasteiger partial charge in [-0.15, -0.1) is 0 Å². The highest BCUT2D eigenvalue weighted by atomic mass is 32.2. The molecular weight excluding hydrogens is 238 g/mol. The van der Waals surface area contributed by atoms with Crippen LogP contribution >= 0.6 is 11.8 Å². The predicted octanol–water partition coefficient (Wildman–Crippen LogP) is 2.91. The van der Waals surface area contributed by atoms with E-state index < -0.39 is 0 Å². The summed E-state index contributed by atoms with van der Waals surface area (Å²) in [6.07, 6.45) is 2.22. The molecule has 0 spiro atoms. The maximum Gasteiger partial charge on any atom is 0.306 e. The Labute approximate surface area is 108 Å². The smallest absolute Gasteiger partial charge is 0.306 e. The van der Waals surface area contributed by atoms with Crippen molar-refractivity contribution in [2.75, 3.05) is 25.4 Å². The minimum Gasteiger partial charge on any atom is -0.466 e. The van der Waals surface area contributed by atoms with Crippen LogP contribution < -0.4 is 0 Å². The first-order valence-electron chi connectivity index (χ1n) is 6.22. The molecule has 0 radical (unpaired) electrons. The maximum atomic E-state index is 11.6. The van der Waals surface area contributed by atoms with Gasteiger partial charge in [-0.3, -0.25) is 9.59 Å². The molecular formula is C12H23NO3S. The molecule has 5 heteroatoms. The average molecular weight is 261 g/mol. The third-order valence-corrected chi connectivity index (χ3v) is 3.23. The van der Waals surface area contributed by atoms with E-state index in [9.17, 15) is 9.59 Å². The monoisotopic (exact) mass is 261 g/mol. The Bertz CT molecular complexity index is 230. The summed E-state index contributed by atoms with van der Waals surface area (Å²) in [5.41, 5.74) is 0. The van der Waals surface area contributed by atoms with E-state index in [2.05, 4.69) is 0 Å². The molecule has 0 aliphatic carbocycles. The lowest BCUT2D eigenvalue weighted by Gasteiger charge is -2.17. The van der Waals surface area contributed by atoms with Crippen LogP contribution in [0.1, 0.15) is 40.0 Å². The molecule has 0 rings (SSSR count). The van der Waals surface area contributed by atoms with Crippen molar-refractivity contribution in [2.45, 2.75) is 40.0 Å². The average Bonchev–Trinajstić information content (AvgIpc) is 2.31. The van der Waals surface area contributed by atoms with Crippen LogP contribution in [0.15, 0.2) is 0 Å². The van der Waals surface area contributed by atoms with Gasteiger partial charge in [0.2, 0.25) is 0 Å². The van der Waals surface area contributed by atoms with E-state index in [1.165, 1.54) is 11.8 Å². The normalized spacial score (nSPS) is 10.1. The number of thioether (sulfide) groups is 1. The van der Waals surface area contributed by atoms with Gasteiger partial charge in [-0.1, -0.05) is 25.1 Å². The first-order chi connectivity index (χ1) is 8.15. The van der Waals surface area contributed by atoms with Crippen LogP contribution in [0.4, 0.5) is 4.79 Å². The van der Waals surface area contributed by atoms with Gasteiger partial charge >= 0.3 is 5.97 Å². The molecule has 0 aromatic rings. The zero-order valence-electron chi connectivity index (χ0n) is 11.0. The molecule has 0 N–H and O–H groups in total. The molecule has 1 amide bonds. The SMILES string of the molecule is CCCCOC(=O)CCSC(=O)N(CC)CC. The summed E-state index contributed by atoms with van der Waals surface area (Å²) in [6.45, 7) is 7.85. The standard InChI is InChI=1S/C12H23NO3S/c1-4-7-9-16-11(14)8-10-17-12(15)13(5-2)6-3/h4-10H2,1-3H3. The van der Waals surface area contributed by atoms with Crippen molar-refractivity contribution in [3.8, 4) is 0 Å². The second-order valence-corrected chi connectivity index (χ2v) is 4.66. The number of hydrogen-bond donors (Lipinski definition) is 0. The molecule has 0 aromatic heterocycles. The third kappa shape index (κ3) is 8.07. The van der Waals surface area contributed by atoms with Crippen molar-refractivity contribution in [1.82, 2.24) is 4.90 Å². The van der Waals surface area contributed by atoms with Crippen molar-refractivity contribution in [2.24, 2.45) is 0 Å². The second-order valence-electron chi connectivity index (χ2n) is 3.61. The molecule has 0 aliphatic rings. The van der Waals surface area contributed by atoms with Crippen molar-refractivity contribution >= 4 is 23.0 Å². The molecule has 4 nitrogen and oxygen atoms in total. The lowest BCUT2D eigenvalue weighted by Crippen LogP contribution is -2.27. The molecule has 17 heavy (non-hydrogen) atoms. The van der Waals surface area contributed by atoms with Crippen LogP contribution in [-0.2, 0) is 9.53 Å². The summed E-state index contributed by atoms with van der Waals surface area (Å²) >= 11 is 1.19. The Morgan fingerprint density at radius 3 is 2.35 bits per heavy atom. The van der Waals surface area contributed by atoms with Crippen LogP contribution in [0.3, 0.4) is 0 Å². The zero-order chi connectivity index (χ0) is 13.1. The summed E-state index contributed by atoms with van der Waals surface area (Å²) in [6, 6.07) is 0. The van der Waals surface area contributed by atoms with Crippen LogP contribution in [0.5, 0.6) is 0 Å². The molecule has 0 aromatic carbocycles. The van der Waals surface area contributed by atoms with Crippen molar-refractivity contribution in [1.29, 1.82) is 0 Å². The predicted molar refractivity (Wildman–Crippen MR) is 71.3 cm³/mol. The van der Waals surface area contributed by atoms with Gasteiger partial charge in [0, 0.05) is 18.8 Å². The molecule has 0 saturated carbocycles. The van der Waals surface area contributed by atoms with E-state index in [1.54, 1.807) is 4.90 Å². The number of ether oxygens (including phenoxy) is 1. The largest absolute Gasteiger partial charge is 0.466 e. The molecule has 100 valence electrons. The first kappa shape index (κ1) is 16.3. The maximum absolute atomic E-state index is 11.6. The van der Waals surface area contributed by atoms with E-state index in [-0.39, 0.29) is 11.2 Å². The third-order valence-electron chi connectivity index (χ3n) is 2.31. The highest BCUT2D eigenvalue weighted by Crippen LogP contribution is 2.10. The zero-order valence-corrected chi connectivity index (χ0v) is 11.8. The fraction of sp³-hybridized carbons (Fsp3) is 0.833. The number of hydrogen-bond acceptors (Lipinski definition) is 4. The summed E-state index contributed by atoms with van der Waals surface area (Å²) in [5.74, 6) is 0.290. The topological polar surface area (TPSA) is 46.6 Å². The van der Waals surface area contributed by atoms with Crippen LogP contribution in [-0.4, -0.2) is 41.6 Å². The van der Waals surface area contributed by atoms with Gasteiger partial charge in [0.1, 0.15) is 0 Å². The fourth-order valence-electron chi connectivity index (χ4n) is 1.20. The lowest BCUT2D eigenvalue weighted by atomic mass is 10.4. The Hall–Kier alpha value is -0.710. The summed E-state index contributed by atoms with van der Waals surface area (Å²) in [7, 11) is 0. The van der Waals surface area contributed by atoms with Gasteiger partial charge < -0.3 is 9.64 Å². The van der Waals surface area contributed by atoms with Crippen molar-refractivity contribution in [3.63, 3.8) is 0 Å². The van der Waals surface area contributed by atoms with E-state index in [4.69, 9.17) is 4.74 Å². The fourth-order valence-corrected chi connectivity index (χ4v) is 2.08. The number of unbranched alkanes of at least 4 members (excludes halogenated alkanes) is 1. The Kier molecular flexibility index (Phi) is 10.0. The van der Waals surface area contributed by atoms with Crippen molar-refractivity contribution < 1.29 is 14.3 Å². The van der Waals surface area contributed by atoms with Crippen LogP contribution in [0.2, 0.25) is 0 Å². The highest BCUT2D eigenvalue weighted by molar-refractivity contribution is 8.13. The van der Waals surface area contributed by atoms with Gasteiger partial charge in [-0.05, 0) is 20.3 Å². The molecule has 0 saturated heterocycles. The Balaban J connectivity index is 3.61. The highest BCUT2D eigenvalue weighted by Gasteiger charge is 2.11. The molecule has 0 fully saturated rings. The quantitative estimate of drug-likeness (QED) is 0.498. The summed E-state index contributed by atoms with van der Waals surface area (Å²) in [4.78, 5) is 24.6. The van der Waals surface area contributed by atoms with E-state index in [1.807, 2.05) is 20.8 Å². The molecule has 0 atom stereocenters.